The fourth-order valence-electron chi connectivity index (χ4n) is 2.31. The van der Waals surface area contributed by atoms with E-state index < -0.39 is 0 Å². The predicted octanol–water partition coefficient (Wildman–Crippen LogP) is -0.928. The number of hydrogen-bond donors (Lipinski definition) is 2. The molecule has 2 fully saturated rings. The number of carbonyl (C=O) groups excluding carboxylic acids is 2. The number of rotatable bonds is 2. The maximum Gasteiger partial charge on any atom is 0.239 e. The van der Waals surface area contributed by atoms with Crippen LogP contribution in [0.1, 0.15) is 19.3 Å². The van der Waals surface area contributed by atoms with Crippen molar-refractivity contribution in [2.75, 3.05) is 19.6 Å². The zero-order valence-corrected chi connectivity index (χ0v) is 8.74. The molecule has 2 atom stereocenters. The molecule has 5 nitrogen and oxygen atoms in total. The second-order valence-corrected chi connectivity index (χ2v) is 4.32. The Morgan fingerprint density at radius 1 is 1.33 bits per heavy atom. The van der Waals surface area contributed by atoms with E-state index in [0.717, 1.165) is 19.4 Å². The first kappa shape index (κ1) is 10.4. The first-order valence-electron chi connectivity index (χ1n) is 5.50. The summed E-state index contributed by atoms with van der Waals surface area (Å²) >= 11 is 0. The van der Waals surface area contributed by atoms with Crippen LogP contribution in [-0.2, 0) is 9.59 Å². The third kappa shape index (κ3) is 2.12. The molecule has 2 amide bonds. The van der Waals surface area contributed by atoms with Crippen molar-refractivity contribution >= 4 is 11.8 Å². The van der Waals surface area contributed by atoms with Gasteiger partial charge in [0.15, 0.2) is 0 Å². The lowest BCUT2D eigenvalue weighted by molar-refractivity contribution is -0.132. The van der Waals surface area contributed by atoms with E-state index in [4.69, 9.17) is 5.73 Å². The van der Waals surface area contributed by atoms with Gasteiger partial charge in [-0.2, -0.15) is 0 Å². The molecule has 84 valence electrons. The molecule has 3 N–H and O–H groups in total. The van der Waals surface area contributed by atoms with Crippen molar-refractivity contribution in [3.8, 4) is 0 Å². The van der Waals surface area contributed by atoms with Gasteiger partial charge in [0.25, 0.3) is 0 Å². The highest BCUT2D eigenvalue weighted by molar-refractivity contribution is 5.84. The van der Waals surface area contributed by atoms with E-state index in [-0.39, 0.29) is 23.8 Å². The van der Waals surface area contributed by atoms with Crippen molar-refractivity contribution < 1.29 is 9.59 Å². The maximum atomic E-state index is 11.9. The number of amides is 2. The first-order chi connectivity index (χ1) is 7.18. The van der Waals surface area contributed by atoms with Crippen LogP contribution >= 0.6 is 0 Å². The second-order valence-electron chi connectivity index (χ2n) is 4.32. The smallest absolute Gasteiger partial charge is 0.239 e. The summed E-state index contributed by atoms with van der Waals surface area (Å²) < 4.78 is 0. The number of likely N-dealkylation sites (tertiary alicyclic amines) is 1. The van der Waals surface area contributed by atoms with Gasteiger partial charge < -0.3 is 16.0 Å². The van der Waals surface area contributed by atoms with Gasteiger partial charge in [-0.3, -0.25) is 9.59 Å². The molecule has 2 rings (SSSR count). The molecule has 2 heterocycles. The summed E-state index contributed by atoms with van der Waals surface area (Å²) in [5.74, 6) is -0.295. The zero-order chi connectivity index (χ0) is 10.8. The van der Waals surface area contributed by atoms with Crippen molar-refractivity contribution in [3.05, 3.63) is 0 Å². The Balaban J connectivity index is 1.89. The van der Waals surface area contributed by atoms with Gasteiger partial charge >= 0.3 is 0 Å². The number of nitrogens with one attached hydrogen (secondary N) is 1. The summed E-state index contributed by atoms with van der Waals surface area (Å²) in [5.41, 5.74) is 5.22. The van der Waals surface area contributed by atoms with E-state index in [0.29, 0.717) is 19.5 Å². The summed E-state index contributed by atoms with van der Waals surface area (Å²) in [5, 5.41) is 3.17. The first-order valence-corrected chi connectivity index (χ1v) is 5.50. The van der Waals surface area contributed by atoms with Crippen LogP contribution in [-0.4, -0.2) is 42.4 Å². The van der Waals surface area contributed by atoms with Crippen molar-refractivity contribution in [3.63, 3.8) is 0 Å². The highest BCUT2D eigenvalue weighted by Gasteiger charge is 2.33. The Kier molecular flexibility index (Phi) is 2.90. The summed E-state index contributed by atoms with van der Waals surface area (Å²) in [6.45, 7) is 2.10. The van der Waals surface area contributed by atoms with Gasteiger partial charge in [0, 0.05) is 13.1 Å². The SMILES string of the molecule is NC(=O)C1CCN(C(=O)[C@@H]2CCCN2)C1. The number of nitrogens with two attached hydrogens (primary N) is 1. The molecule has 0 radical (unpaired) electrons. The number of primary amides is 1. The Bertz CT molecular complexity index is 274. The second kappa shape index (κ2) is 4.18. The highest BCUT2D eigenvalue weighted by Crippen LogP contribution is 2.18. The van der Waals surface area contributed by atoms with Crippen LogP contribution in [0.3, 0.4) is 0 Å². The van der Waals surface area contributed by atoms with Crippen LogP contribution in [0, 0.1) is 5.92 Å². The molecular weight excluding hydrogens is 194 g/mol. The quantitative estimate of drug-likeness (QED) is 0.620. The molecule has 15 heavy (non-hydrogen) atoms. The Labute approximate surface area is 89.0 Å². The Morgan fingerprint density at radius 2 is 2.13 bits per heavy atom. The van der Waals surface area contributed by atoms with Gasteiger partial charge in [-0.25, -0.2) is 0 Å². The van der Waals surface area contributed by atoms with E-state index in [1.807, 2.05) is 0 Å². The van der Waals surface area contributed by atoms with Crippen molar-refractivity contribution in [1.82, 2.24) is 10.2 Å². The van der Waals surface area contributed by atoms with Gasteiger partial charge in [-0.1, -0.05) is 0 Å². The normalized spacial score (nSPS) is 30.8. The standard InChI is InChI=1S/C10H17N3O2/c11-9(14)7-3-5-13(6-7)10(15)8-2-1-4-12-8/h7-8,12H,1-6H2,(H2,11,14)/t7?,8-/m0/s1. The van der Waals surface area contributed by atoms with Gasteiger partial charge in [-0.15, -0.1) is 0 Å². The minimum absolute atomic E-state index is 0.0309. The molecule has 1 unspecified atom stereocenters. The number of nitrogens with zero attached hydrogens (tertiary/aromatic N) is 1. The lowest BCUT2D eigenvalue weighted by Crippen LogP contribution is -2.43. The van der Waals surface area contributed by atoms with E-state index in [2.05, 4.69) is 5.32 Å². The monoisotopic (exact) mass is 211 g/mol. The molecule has 0 saturated carbocycles. The third-order valence-electron chi connectivity index (χ3n) is 3.26. The van der Waals surface area contributed by atoms with Crippen molar-refractivity contribution in [1.29, 1.82) is 0 Å². The van der Waals surface area contributed by atoms with Crippen LogP contribution in [0.2, 0.25) is 0 Å². The van der Waals surface area contributed by atoms with Crippen molar-refractivity contribution in [2.24, 2.45) is 11.7 Å². The lowest BCUT2D eigenvalue weighted by atomic mass is 10.1. The molecule has 2 saturated heterocycles. The van der Waals surface area contributed by atoms with E-state index in [1.54, 1.807) is 4.90 Å². The molecule has 0 spiro atoms. The fourth-order valence-corrected chi connectivity index (χ4v) is 2.31. The molecule has 0 aromatic carbocycles. The fraction of sp³-hybridized carbons (Fsp3) is 0.800. The van der Waals surface area contributed by atoms with Crippen molar-refractivity contribution in [2.45, 2.75) is 25.3 Å². The highest BCUT2D eigenvalue weighted by atomic mass is 16.2. The summed E-state index contributed by atoms with van der Waals surface area (Å²) in [6, 6.07) is -0.0309. The van der Waals surface area contributed by atoms with E-state index in [9.17, 15) is 9.59 Å². The van der Waals surface area contributed by atoms with E-state index in [1.165, 1.54) is 0 Å². The van der Waals surface area contributed by atoms with Gasteiger partial charge in [0.1, 0.15) is 0 Å². The van der Waals surface area contributed by atoms with Gasteiger partial charge in [0.2, 0.25) is 11.8 Å². The van der Waals surface area contributed by atoms with Gasteiger partial charge in [0.05, 0.1) is 12.0 Å². The zero-order valence-electron chi connectivity index (χ0n) is 8.74. The minimum atomic E-state index is -0.287. The largest absolute Gasteiger partial charge is 0.369 e. The number of hydrogen-bond acceptors (Lipinski definition) is 3. The summed E-state index contributed by atoms with van der Waals surface area (Å²) in [7, 11) is 0. The van der Waals surface area contributed by atoms with Crippen LogP contribution in [0.4, 0.5) is 0 Å². The Morgan fingerprint density at radius 3 is 2.67 bits per heavy atom. The third-order valence-corrected chi connectivity index (χ3v) is 3.26. The van der Waals surface area contributed by atoms with Crippen LogP contribution in [0.5, 0.6) is 0 Å². The Hall–Kier alpha value is -1.10. The van der Waals surface area contributed by atoms with E-state index >= 15 is 0 Å². The predicted molar refractivity (Wildman–Crippen MR) is 54.9 cm³/mol. The topological polar surface area (TPSA) is 75.4 Å². The maximum absolute atomic E-state index is 11.9. The molecule has 0 aliphatic carbocycles. The number of carbonyl (C=O) groups is 2. The van der Waals surface area contributed by atoms with Crippen LogP contribution in [0.15, 0.2) is 0 Å². The molecular formula is C10H17N3O2. The van der Waals surface area contributed by atoms with Crippen LogP contribution in [0.25, 0.3) is 0 Å². The van der Waals surface area contributed by atoms with Crippen LogP contribution < -0.4 is 11.1 Å². The summed E-state index contributed by atoms with van der Waals surface area (Å²) in [4.78, 5) is 24.6. The molecule has 0 aromatic rings. The molecule has 5 heteroatoms. The average molecular weight is 211 g/mol. The van der Waals surface area contributed by atoms with Gasteiger partial charge in [-0.05, 0) is 25.8 Å². The lowest BCUT2D eigenvalue weighted by Gasteiger charge is -2.20. The molecule has 2 aliphatic rings. The molecule has 2 aliphatic heterocycles. The molecule has 0 bridgehead atoms. The minimum Gasteiger partial charge on any atom is -0.369 e. The average Bonchev–Trinajstić information content (AvgIpc) is 2.88. The summed E-state index contributed by atoms with van der Waals surface area (Å²) in [6.07, 6.45) is 2.69. The molecule has 0 aromatic heterocycles.